The molecule has 0 aliphatic heterocycles. The number of ketones is 1. The SMILES string of the molecule is COc1ccc(CCC(=O)C[C@@H](Cc2ccccc2)C(=O)N[C@@H](CC(C)C)B(O)O)cc1. The summed E-state index contributed by atoms with van der Waals surface area (Å²) in [4.78, 5) is 25.8. The number of aryl methyl sites for hydroxylation is 1. The van der Waals surface area contributed by atoms with Crippen LogP contribution in [0.2, 0.25) is 0 Å². The van der Waals surface area contributed by atoms with Crippen LogP contribution < -0.4 is 10.1 Å². The van der Waals surface area contributed by atoms with Crippen LogP contribution in [0.25, 0.3) is 0 Å². The molecule has 7 heteroatoms. The highest BCUT2D eigenvalue weighted by Gasteiger charge is 2.30. The van der Waals surface area contributed by atoms with Crippen LogP contribution in [0, 0.1) is 11.8 Å². The van der Waals surface area contributed by atoms with Crippen molar-refractivity contribution in [2.45, 2.75) is 51.9 Å². The molecule has 0 aliphatic rings. The van der Waals surface area contributed by atoms with E-state index in [-0.39, 0.29) is 24.0 Å². The highest BCUT2D eigenvalue weighted by atomic mass is 16.5. The highest BCUT2D eigenvalue weighted by Crippen LogP contribution is 2.18. The lowest BCUT2D eigenvalue weighted by atomic mass is 9.74. The Balaban J connectivity index is 2.04. The van der Waals surface area contributed by atoms with E-state index in [2.05, 4.69) is 5.32 Å². The minimum atomic E-state index is -1.65. The minimum absolute atomic E-state index is 0.00172. The van der Waals surface area contributed by atoms with Gasteiger partial charge in [0.25, 0.3) is 0 Å². The monoisotopic (exact) mass is 439 g/mol. The van der Waals surface area contributed by atoms with E-state index in [1.54, 1.807) is 7.11 Å². The zero-order chi connectivity index (χ0) is 23.5. The molecule has 0 bridgehead atoms. The molecule has 172 valence electrons. The molecule has 0 aliphatic carbocycles. The Morgan fingerprint density at radius 2 is 1.66 bits per heavy atom. The third-order valence-corrected chi connectivity index (χ3v) is 5.43. The van der Waals surface area contributed by atoms with Gasteiger partial charge in [0, 0.05) is 18.8 Å². The molecule has 0 saturated heterocycles. The molecular formula is C25H34BNO5. The molecule has 2 atom stereocenters. The molecule has 0 spiro atoms. The quantitative estimate of drug-likeness (QED) is 0.417. The number of ether oxygens (including phenoxy) is 1. The molecule has 0 unspecified atom stereocenters. The molecule has 3 N–H and O–H groups in total. The van der Waals surface area contributed by atoms with E-state index in [9.17, 15) is 19.6 Å². The van der Waals surface area contributed by atoms with Crippen LogP contribution in [0.4, 0.5) is 0 Å². The molecule has 0 aromatic heterocycles. The predicted octanol–water partition coefficient (Wildman–Crippen LogP) is 2.99. The Morgan fingerprint density at radius 3 is 2.22 bits per heavy atom. The van der Waals surface area contributed by atoms with Gasteiger partial charge in [-0.25, -0.2) is 0 Å². The first-order chi connectivity index (χ1) is 15.3. The highest BCUT2D eigenvalue weighted by molar-refractivity contribution is 6.43. The largest absolute Gasteiger partial charge is 0.497 e. The van der Waals surface area contributed by atoms with Gasteiger partial charge in [0.2, 0.25) is 5.91 Å². The number of nitrogens with one attached hydrogen (secondary N) is 1. The van der Waals surface area contributed by atoms with Crippen molar-refractivity contribution in [3.63, 3.8) is 0 Å². The molecule has 0 heterocycles. The smallest absolute Gasteiger partial charge is 0.475 e. The Labute approximate surface area is 191 Å². The number of hydrogen-bond donors (Lipinski definition) is 3. The van der Waals surface area contributed by atoms with Crippen molar-refractivity contribution in [3.8, 4) is 5.75 Å². The lowest BCUT2D eigenvalue weighted by Crippen LogP contribution is -2.49. The first kappa shape index (κ1) is 25.6. The van der Waals surface area contributed by atoms with Crippen molar-refractivity contribution in [1.29, 1.82) is 0 Å². The Morgan fingerprint density at radius 1 is 1.00 bits per heavy atom. The molecule has 0 saturated carbocycles. The van der Waals surface area contributed by atoms with Gasteiger partial charge in [0.1, 0.15) is 11.5 Å². The van der Waals surface area contributed by atoms with Crippen molar-refractivity contribution in [2.75, 3.05) is 7.11 Å². The maximum absolute atomic E-state index is 13.0. The van der Waals surface area contributed by atoms with Gasteiger partial charge in [-0.2, -0.15) is 0 Å². The normalized spacial score (nSPS) is 12.8. The minimum Gasteiger partial charge on any atom is -0.497 e. The summed E-state index contributed by atoms with van der Waals surface area (Å²) in [6, 6.07) is 17.1. The van der Waals surface area contributed by atoms with Gasteiger partial charge in [-0.3, -0.25) is 9.59 Å². The number of rotatable bonds is 13. The fourth-order valence-corrected chi connectivity index (χ4v) is 3.67. The van der Waals surface area contributed by atoms with E-state index < -0.39 is 19.0 Å². The van der Waals surface area contributed by atoms with Crippen LogP contribution in [-0.4, -0.2) is 41.9 Å². The first-order valence-corrected chi connectivity index (χ1v) is 11.1. The van der Waals surface area contributed by atoms with Crippen molar-refractivity contribution in [3.05, 3.63) is 65.7 Å². The summed E-state index contributed by atoms with van der Waals surface area (Å²) in [5, 5.41) is 22.1. The van der Waals surface area contributed by atoms with Gasteiger partial charge in [0.05, 0.1) is 13.1 Å². The third-order valence-electron chi connectivity index (χ3n) is 5.43. The molecular weight excluding hydrogens is 405 g/mol. The van der Waals surface area contributed by atoms with Crippen LogP contribution in [0.1, 0.15) is 44.2 Å². The van der Waals surface area contributed by atoms with E-state index in [4.69, 9.17) is 4.74 Å². The summed E-state index contributed by atoms with van der Waals surface area (Å²) in [5.74, 6) is -0.723. The number of carbonyl (C=O) groups excluding carboxylic acids is 2. The first-order valence-electron chi connectivity index (χ1n) is 11.1. The van der Waals surface area contributed by atoms with E-state index in [0.717, 1.165) is 16.9 Å². The van der Waals surface area contributed by atoms with Crippen molar-refractivity contribution >= 4 is 18.8 Å². The standard InChI is InChI=1S/C25H34BNO5/c1-18(2)15-24(26(30)31)27-25(29)21(16-20-7-5-4-6-8-20)17-22(28)12-9-19-10-13-23(32-3)14-11-19/h4-8,10-11,13-14,18,21,24,30-31H,9,12,15-17H2,1-3H3,(H,27,29)/t21-,24+/m1/s1. The molecule has 2 aromatic rings. The summed E-state index contributed by atoms with van der Waals surface area (Å²) < 4.78 is 5.16. The number of hydrogen-bond acceptors (Lipinski definition) is 5. The molecule has 0 radical (unpaired) electrons. The third kappa shape index (κ3) is 8.85. The lowest BCUT2D eigenvalue weighted by molar-refractivity contribution is -0.129. The van der Waals surface area contributed by atoms with Crippen molar-refractivity contribution in [2.24, 2.45) is 11.8 Å². The van der Waals surface area contributed by atoms with Crippen molar-refractivity contribution < 1.29 is 24.4 Å². The second-order valence-electron chi connectivity index (χ2n) is 8.64. The molecule has 0 fully saturated rings. The van der Waals surface area contributed by atoms with Gasteiger partial charge in [-0.05, 0) is 48.4 Å². The number of carbonyl (C=O) groups is 2. The number of methoxy groups -OCH3 is 1. The van der Waals surface area contributed by atoms with E-state index in [0.29, 0.717) is 25.7 Å². The van der Waals surface area contributed by atoms with Gasteiger partial charge in [0.15, 0.2) is 0 Å². The van der Waals surface area contributed by atoms with Crippen molar-refractivity contribution in [1.82, 2.24) is 5.32 Å². The van der Waals surface area contributed by atoms with E-state index >= 15 is 0 Å². The topological polar surface area (TPSA) is 95.9 Å². The van der Waals surface area contributed by atoms with Crippen LogP contribution in [0.5, 0.6) is 5.75 Å². The fraction of sp³-hybridized carbons (Fsp3) is 0.440. The lowest BCUT2D eigenvalue weighted by Gasteiger charge is -2.23. The molecule has 32 heavy (non-hydrogen) atoms. The molecule has 2 aromatic carbocycles. The molecule has 6 nitrogen and oxygen atoms in total. The Bertz CT molecular complexity index is 839. The Kier molecular flexibility index (Phi) is 10.4. The summed E-state index contributed by atoms with van der Waals surface area (Å²) in [5.41, 5.74) is 1.99. The summed E-state index contributed by atoms with van der Waals surface area (Å²) in [6.45, 7) is 3.90. The number of amides is 1. The maximum atomic E-state index is 13.0. The van der Waals surface area contributed by atoms with Gasteiger partial charge >= 0.3 is 7.12 Å². The predicted molar refractivity (Wildman–Crippen MR) is 126 cm³/mol. The van der Waals surface area contributed by atoms with Gasteiger partial charge in [-0.15, -0.1) is 0 Å². The van der Waals surface area contributed by atoms with Gasteiger partial charge in [-0.1, -0.05) is 56.3 Å². The van der Waals surface area contributed by atoms with Crippen LogP contribution in [-0.2, 0) is 22.4 Å². The summed E-state index contributed by atoms with van der Waals surface area (Å²) in [7, 11) is -0.0395. The second kappa shape index (κ2) is 13.0. The fourth-order valence-electron chi connectivity index (χ4n) is 3.67. The maximum Gasteiger partial charge on any atom is 0.475 e. The van der Waals surface area contributed by atoms with E-state index in [1.807, 2.05) is 68.4 Å². The van der Waals surface area contributed by atoms with Crippen LogP contribution >= 0.6 is 0 Å². The number of benzene rings is 2. The zero-order valence-electron chi connectivity index (χ0n) is 19.2. The van der Waals surface area contributed by atoms with Gasteiger partial charge < -0.3 is 20.1 Å². The van der Waals surface area contributed by atoms with E-state index in [1.165, 1.54) is 0 Å². The average Bonchev–Trinajstić information content (AvgIpc) is 2.77. The molecule has 2 rings (SSSR count). The summed E-state index contributed by atoms with van der Waals surface area (Å²) in [6.07, 6.45) is 1.88. The molecule has 1 amide bonds. The van der Waals surface area contributed by atoms with Crippen LogP contribution in [0.3, 0.4) is 0 Å². The average molecular weight is 439 g/mol. The second-order valence-corrected chi connectivity index (χ2v) is 8.64. The number of Topliss-reactive ketones (excluding diaryl/α,β-unsaturated/α-hetero) is 1. The zero-order valence-corrected chi connectivity index (χ0v) is 19.2. The van der Waals surface area contributed by atoms with Crippen LogP contribution in [0.15, 0.2) is 54.6 Å². The summed E-state index contributed by atoms with van der Waals surface area (Å²) >= 11 is 0. The Hall–Kier alpha value is -2.64.